The molecule has 0 aliphatic carbocycles. The van der Waals surface area contributed by atoms with Crippen LogP contribution < -0.4 is 0 Å². The predicted octanol–water partition coefficient (Wildman–Crippen LogP) is 1.50. The van der Waals surface area contributed by atoms with Crippen molar-refractivity contribution in [2.75, 3.05) is 6.61 Å². The molecule has 0 bridgehead atoms. The van der Waals surface area contributed by atoms with Crippen molar-refractivity contribution in [1.29, 1.82) is 0 Å². The van der Waals surface area contributed by atoms with Gasteiger partial charge in [0, 0.05) is 13.7 Å². The summed E-state index contributed by atoms with van der Waals surface area (Å²) in [5, 5.41) is 8.73. The van der Waals surface area contributed by atoms with Gasteiger partial charge in [0.1, 0.15) is 0 Å². The quantitative estimate of drug-likeness (QED) is 0.796. The molecule has 1 aromatic carbocycles. The lowest BCUT2D eigenvalue weighted by Gasteiger charge is -1.99. The Kier molecular flexibility index (Phi) is 2.50. The summed E-state index contributed by atoms with van der Waals surface area (Å²) in [5.41, 5.74) is 3.42. The molecule has 0 aliphatic heterocycles. The summed E-state index contributed by atoms with van der Waals surface area (Å²) >= 11 is 0. The summed E-state index contributed by atoms with van der Waals surface area (Å²) in [6, 6.07) is 6.26. The topological polar surface area (TPSA) is 38.0 Å². The maximum absolute atomic E-state index is 8.73. The van der Waals surface area contributed by atoms with Crippen molar-refractivity contribution < 1.29 is 5.11 Å². The molecular formula is C11H14N2O. The number of aryl methyl sites for hydroxylation is 2. The van der Waals surface area contributed by atoms with E-state index in [1.54, 1.807) is 0 Å². The van der Waals surface area contributed by atoms with Gasteiger partial charge in [-0.1, -0.05) is 6.07 Å². The largest absolute Gasteiger partial charge is 0.396 e. The van der Waals surface area contributed by atoms with E-state index in [-0.39, 0.29) is 6.61 Å². The van der Waals surface area contributed by atoms with E-state index in [1.807, 2.05) is 17.9 Å². The smallest absolute Gasteiger partial charge is 0.0955 e. The third-order valence-electron chi connectivity index (χ3n) is 2.41. The Morgan fingerprint density at radius 2 is 2.29 bits per heavy atom. The maximum Gasteiger partial charge on any atom is 0.0955 e. The first-order chi connectivity index (χ1) is 6.81. The van der Waals surface area contributed by atoms with Crippen LogP contribution in [0.2, 0.25) is 0 Å². The zero-order valence-electron chi connectivity index (χ0n) is 8.27. The molecule has 0 atom stereocenters. The van der Waals surface area contributed by atoms with Crippen molar-refractivity contribution in [2.45, 2.75) is 12.8 Å². The van der Waals surface area contributed by atoms with E-state index in [4.69, 9.17) is 5.11 Å². The molecule has 0 fully saturated rings. The number of aliphatic hydroxyl groups is 1. The number of aromatic nitrogens is 2. The molecule has 1 heterocycles. The Labute approximate surface area is 83.0 Å². The van der Waals surface area contributed by atoms with Gasteiger partial charge < -0.3 is 9.67 Å². The molecular weight excluding hydrogens is 176 g/mol. The van der Waals surface area contributed by atoms with Gasteiger partial charge in [-0.2, -0.15) is 0 Å². The molecule has 0 radical (unpaired) electrons. The van der Waals surface area contributed by atoms with Crippen LogP contribution in [0.4, 0.5) is 0 Å². The molecule has 2 rings (SSSR count). The standard InChI is InChI=1S/C11H14N2O/c1-13-8-12-10-7-9(3-2-6-14)4-5-11(10)13/h4-5,7-8,14H,2-3,6H2,1H3. The fourth-order valence-electron chi connectivity index (χ4n) is 1.62. The lowest BCUT2D eigenvalue weighted by molar-refractivity contribution is 0.288. The number of imidazole rings is 1. The number of nitrogens with zero attached hydrogens (tertiary/aromatic N) is 2. The van der Waals surface area contributed by atoms with Crippen LogP contribution in [0, 0.1) is 0 Å². The minimum Gasteiger partial charge on any atom is -0.396 e. The van der Waals surface area contributed by atoms with E-state index >= 15 is 0 Å². The SMILES string of the molecule is Cn1cnc2cc(CCCO)ccc21. The first-order valence-electron chi connectivity index (χ1n) is 4.82. The normalized spacial score (nSPS) is 11.0. The molecule has 0 amide bonds. The number of aliphatic hydroxyl groups excluding tert-OH is 1. The Morgan fingerprint density at radius 3 is 3.07 bits per heavy atom. The number of rotatable bonds is 3. The van der Waals surface area contributed by atoms with Crippen molar-refractivity contribution in [3.63, 3.8) is 0 Å². The van der Waals surface area contributed by atoms with Crippen molar-refractivity contribution >= 4 is 11.0 Å². The van der Waals surface area contributed by atoms with Crippen LogP contribution in [-0.4, -0.2) is 21.3 Å². The summed E-state index contributed by atoms with van der Waals surface area (Å²) in [4.78, 5) is 4.29. The zero-order chi connectivity index (χ0) is 9.97. The van der Waals surface area contributed by atoms with Gasteiger partial charge in [0.2, 0.25) is 0 Å². The predicted molar refractivity (Wildman–Crippen MR) is 56.1 cm³/mol. The second kappa shape index (κ2) is 3.80. The first-order valence-corrected chi connectivity index (χ1v) is 4.82. The second-order valence-corrected chi connectivity index (χ2v) is 3.51. The van der Waals surface area contributed by atoms with E-state index in [0.29, 0.717) is 0 Å². The van der Waals surface area contributed by atoms with Crippen LogP contribution in [0.5, 0.6) is 0 Å². The molecule has 0 saturated carbocycles. The number of benzene rings is 1. The molecule has 1 N–H and O–H groups in total. The Balaban J connectivity index is 2.32. The van der Waals surface area contributed by atoms with Gasteiger partial charge in [-0.25, -0.2) is 4.98 Å². The van der Waals surface area contributed by atoms with Crippen molar-refractivity contribution in [2.24, 2.45) is 7.05 Å². The van der Waals surface area contributed by atoms with Gasteiger partial charge in [0.05, 0.1) is 17.4 Å². The van der Waals surface area contributed by atoms with Crippen LogP contribution in [0.25, 0.3) is 11.0 Å². The minimum absolute atomic E-state index is 0.250. The summed E-state index contributed by atoms with van der Waals surface area (Å²) < 4.78 is 2.01. The molecule has 0 aliphatic rings. The van der Waals surface area contributed by atoms with Gasteiger partial charge in [-0.05, 0) is 30.5 Å². The monoisotopic (exact) mass is 190 g/mol. The van der Waals surface area contributed by atoms with Gasteiger partial charge >= 0.3 is 0 Å². The molecule has 0 saturated heterocycles. The molecule has 2 aromatic rings. The molecule has 0 spiro atoms. The highest BCUT2D eigenvalue weighted by molar-refractivity contribution is 5.75. The molecule has 3 heteroatoms. The van der Waals surface area contributed by atoms with Gasteiger partial charge in [-0.15, -0.1) is 0 Å². The summed E-state index contributed by atoms with van der Waals surface area (Å²) in [6.45, 7) is 0.250. The highest BCUT2D eigenvalue weighted by Gasteiger charge is 2.00. The van der Waals surface area contributed by atoms with Gasteiger partial charge in [0.25, 0.3) is 0 Å². The lowest BCUT2D eigenvalue weighted by Crippen LogP contribution is -1.90. The molecule has 0 unspecified atom stereocenters. The number of hydrogen-bond donors (Lipinski definition) is 1. The average Bonchev–Trinajstić information content (AvgIpc) is 2.57. The highest BCUT2D eigenvalue weighted by Crippen LogP contribution is 2.14. The van der Waals surface area contributed by atoms with Crippen LogP contribution in [0.3, 0.4) is 0 Å². The summed E-state index contributed by atoms with van der Waals surface area (Å²) in [7, 11) is 1.99. The summed E-state index contributed by atoms with van der Waals surface area (Å²) in [5.74, 6) is 0. The first kappa shape index (κ1) is 9.21. The minimum atomic E-state index is 0.250. The Bertz CT molecular complexity index is 434. The number of fused-ring (bicyclic) bond motifs is 1. The Morgan fingerprint density at radius 1 is 1.43 bits per heavy atom. The van der Waals surface area contributed by atoms with E-state index in [1.165, 1.54) is 5.56 Å². The maximum atomic E-state index is 8.73. The third kappa shape index (κ3) is 1.63. The molecule has 3 nitrogen and oxygen atoms in total. The summed E-state index contributed by atoms with van der Waals surface area (Å²) in [6.07, 6.45) is 3.56. The zero-order valence-corrected chi connectivity index (χ0v) is 8.27. The van der Waals surface area contributed by atoms with E-state index in [0.717, 1.165) is 23.9 Å². The van der Waals surface area contributed by atoms with Gasteiger partial charge in [0.15, 0.2) is 0 Å². The fraction of sp³-hybridized carbons (Fsp3) is 0.364. The van der Waals surface area contributed by atoms with E-state index in [2.05, 4.69) is 23.2 Å². The van der Waals surface area contributed by atoms with Crippen LogP contribution in [0.1, 0.15) is 12.0 Å². The van der Waals surface area contributed by atoms with Crippen LogP contribution >= 0.6 is 0 Å². The molecule has 14 heavy (non-hydrogen) atoms. The van der Waals surface area contributed by atoms with Crippen molar-refractivity contribution in [3.8, 4) is 0 Å². The second-order valence-electron chi connectivity index (χ2n) is 3.51. The van der Waals surface area contributed by atoms with Gasteiger partial charge in [-0.3, -0.25) is 0 Å². The van der Waals surface area contributed by atoms with E-state index in [9.17, 15) is 0 Å². The number of hydrogen-bond acceptors (Lipinski definition) is 2. The fourth-order valence-corrected chi connectivity index (χ4v) is 1.62. The average molecular weight is 190 g/mol. The molecule has 1 aromatic heterocycles. The van der Waals surface area contributed by atoms with Crippen molar-refractivity contribution in [1.82, 2.24) is 9.55 Å². The van der Waals surface area contributed by atoms with E-state index < -0.39 is 0 Å². The van der Waals surface area contributed by atoms with Crippen LogP contribution in [0.15, 0.2) is 24.5 Å². The highest BCUT2D eigenvalue weighted by atomic mass is 16.2. The lowest BCUT2D eigenvalue weighted by atomic mass is 10.1. The van der Waals surface area contributed by atoms with Crippen LogP contribution in [-0.2, 0) is 13.5 Å². The third-order valence-corrected chi connectivity index (χ3v) is 2.41. The Hall–Kier alpha value is -1.35. The van der Waals surface area contributed by atoms with Crippen molar-refractivity contribution in [3.05, 3.63) is 30.1 Å². The molecule has 74 valence electrons.